The highest BCUT2D eigenvalue weighted by molar-refractivity contribution is 7.89. The van der Waals surface area contributed by atoms with Gasteiger partial charge in [-0.2, -0.15) is 0 Å². The van der Waals surface area contributed by atoms with Crippen molar-refractivity contribution in [2.75, 3.05) is 20.1 Å². The third kappa shape index (κ3) is 3.31. The van der Waals surface area contributed by atoms with Gasteiger partial charge in [0, 0.05) is 20.1 Å². The molecular formula is C13H22N2O2S. The zero-order valence-corrected chi connectivity index (χ0v) is 12.3. The Balaban J connectivity index is 3.12. The Labute approximate surface area is 110 Å². The van der Waals surface area contributed by atoms with Gasteiger partial charge in [0.15, 0.2) is 0 Å². The summed E-state index contributed by atoms with van der Waals surface area (Å²) in [5.74, 6) is 0. The van der Waals surface area contributed by atoms with Gasteiger partial charge in [-0.05, 0) is 36.7 Å². The quantitative estimate of drug-likeness (QED) is 0.856. The number of nitrogens with one attached hydrogen (secondary N) is 1. The molecule has 0 heterocycles. The molecule has 102 valence electrons. The van der Waals surface area contributed by atoms with Crippen LogP contribution in [0.5, 0.6) is 0 Å². The van der Waals surface area contributed by atoms with Crippen molar-refractivity contribution < 1.29 is 8.42 Å². The van der Waals surface area contributed by atoms with Crippen LogP contribution < -0.4 is 5.32 Å². The monoisotopic (exact) mass is 270 g/mol. The average Bonchev–Trinajstić information content (AvgIpc) is 2.36. The van der Waals surface area contributed by atoms with Gasteiger partial charge in [0.05, 0.1) is 4.90 Å². The lowest BCUT2D eigenvalue weighted by Crippen LogP contribution is -2.26. The summed E-state index contributed by atoms with van der Waals surface area (Å²) in [5.41, 5.74) is 2.14. The van der Waals surface area contributed by atoms with Crippen molar-refractivity contribution >= 4 is 10.0 Å². The van der Waals surface area contributed by atoms with E-state index in [2.05, 4.69) is 5.32 Å². The number of aryl methyl sites for hydroxylation is 1. The molecule has 0 unspecified atom stereocenters. The lowest BCUT2D eigenvalue weighted by molar-refractivity contribution is 0.486. The van der Waals surface area contributed by atoms with Gasteiger partial charge in [-0.15, -0.1) is 0 Å². The highest BCUT2D eigenvalue weighted by Crippen LogP contribution is 2.18. The first kappa shape index (κ1) is 15.1. The van der Waals surface area contributed by atoms with E-state index < -0.39 is 10.0 Å². The highest BCUT2D eigenvalue weighted by Gasteiger charge is 2.19. The second-order valence-electron chi connectivity index (χ2n) is 4.29. The fourth-order valence-electron chi connectivity index (χ4n) is 1.61. The summed E-state index contributed by atoms with van der Waals surface area (Å²) in [7, 11) is -1.75. The van der Waals surface area contributed by atoms with E-state index in [9.17, 15) is 8.42 Å². The Kier molecular flexibility index (Phi) is 5.31. The summed E-state index contributed by atoms with van der Waals surface area (Å²) in [6.07, 6.45) is 0. The van der Waals surface area contributed by atoms with Gasteiger partial charge in [-0.3, -0.25) is 0 Å². The van der Waals surface area contributed by atoms with Gasteiger partial charge in [-0.25, -0.2) is 12.7 Å². The molecule has 0 atom stereocenters. The predicted octanol–water partition coefficient (Wildman–Crippen LogP) is 1.74. The van der Waals surface area contributed by atoms with Crippen LogP contribution in [-0.2, 0) is 16.6 Å². The largest absolute Gasteiger partial charge is 0.313 e. The van der Waals surface area contributed by atoms with Crippen molar-refractivity contribution in [2.45, 2.75) is 32.2 Å². The minimum absolute atomic E-state index is 0.366. The Morgan fingerprint density at radius 3 is 2.50 bits per heavy atom. The van der Waals surface area contributed by atoms with E-state index in [0.29, 0.717) is 18.0 Å². The maximum atomic E-state index is 12.2. The van der Waals surface area contributed by atoms with Crippen LogP contribution >= 0.6 is 0 Å². The minimum Gasteiger partial charge on any atom is -0.313 e. The van der Waals surface area contributed by atoms with Crippen LogP contribution in [0, 0.1) is 6.92 Å². The molecule has 18 heavy (non-hydrogen) atoms. The third-order valence-electron chi connectivity index (χ3n) is 3.04. The summed E-state index contributed by atoms with van der Waals surface area (Å²) in [5, 5.41) is 3.22. The van der Waals surface area contributed by atoms with Crippen molar-refractivity contribution in [2.24, 2.45) is 0 Å². The van der Waals surface area contributed by atoms with E-state index in [1.807, 2.05) is 26.8 Å². The molecule has 1 N–H and O–H groups in total. The molecule has 0 radical (unpaired) electrons. The van der Waals surface area contributed by atoms with Gasteiger partial charge in [0.2, 0.25) is 10.0 Å². The van der Waals surface area contributed by atoms with Crippen LogP contribution in [0.4, 0.5) is 0 Å². The van der Waals surface area contributed by atoms with Gasteiger partial charge < -0.3 is 5.32 Å². The van der Waals surface area contributed by atoms with Crippen molar-refractivity contribution in [3.63, 3.8) is 0 Å². The molecule has 5 heteroatoms. The molecule has 0 bridgehead atoms. The number of hydrogen-bond acceptors (Lipinski definition) is 3. The van der Waals surface area contributed by atoms with E-state index in [1.165, 1.54) is 4.31 Å². The van der Waals surface area contributed by atoms with Crippen LogP contribution in [0.1, 0.15) is 25.0 Å². The van der Waals surface area contributed by atoms with Crippen molar-refractivity contribution in [1.82, 2.24) is 9.62 Å². The first-order valence-corrected chi connectivity index (χ1v) is 7.64. The van der Waals surface area contributed by atoms with Crippen LogP contribution in [-0.4, -0.2) is 32.9 Å². The SMILES string of the molecule is CCNCc1cc(S(=O)(=O)N(C)CC)ccc1C. The molecule has 1 rings (SSSR count). The second-order valence-corrected chi connectivity index (χ2v) is 6.33. The summed E-state index contributed by atoms with van der Waals surface area (Å²) in [6, 6.07) is 5.30. The number of nitrogens with zero attached hydrogens (tertiary/aromatic N) is 1. The molecule has 0 spiro atoms. The Morgan fingerprint density at radius 2 is 1.94 bits per heavy atom. The smallest absolute Gasteiger partial charge is 0.242 e. The third-order valence-corrected chi connectivity index (χ3v) is 4.97. The zero-order chi connectivity index (χ0) is 13.8. The highest BCUT2D eigenvalue weighted by atomic mass is 32.2. The molecule has 1 aromatic rings. The first-order chi connectivity index (χ1) is 8.43. The van der Waals surface area contributed by atoms with E-state index in [4.69, 9.17) is 0 Å². The summed E-state index contributed by atoms with van der Waals surface area (Å²) in [6.45, 7) is 7.88. The lowest BCUT2D eigenvalue weighted by Gasteiger charge is -2.16. The lowest BCUT2D eigenvalue weighted by atomic mass is 10.1. The Morgan fingerprint density at radius 1 is 1.28 bits per heavy atom. The first-order valence-electron chi connectivity index (χ1n) is 6.20. The van der Waals surface area contributed by atoms with E-state index in [-0.39, 0.29) is 0 Å². The maximum Gasteiger partial charge on any atom is 0.242 e. The minimum atomic E-state index is -3.35. The molecular weight excluding hydrogens is 248 g/mol. The molecule has 0 aliphatic carbocycles. The summed E-state index contributed by atoms with van der Waals surface area (Å²) < 4.78 is 25.8. The predicted molar refractivity (Wildman–Crippen MR) is 74.0 cm³/mol. The molecule has 0 fully saturated rings. The van der Waals surface area contributed by atoms with Crippen LogP contribution in [0.15, 0.2) is 23.1 Å². The number of benzene rings is 1. The number of rotatable bonds is 6. The molecule has 0 aromatic heterocycles. The van der Waals surface area contributed by atoms with Crippen LogP contribution in [0.3, 0.4) is 0 Å². The standard InChI is InChI=1S/C13H22N2O2S/c1-5-14-10-12-9-13(8-7-11(12)3)18(16,17)15(4)6-2/h7-9,14H,5-6,10H2,1-4H3. The zero-order valence-electron chi connectivity index (χ0n) is 11.5. The summed E-state index contributed by atoms with van der Waals surface area (Å²) in [4.78, 5) is 0.366. The van der Waals surface area contributed by atoms with Gasteiger partial charge >= 0.3 is 0 Å². The molecule has 4 nitrogen and oxygen atoms in total. The molecule has 0 amide bonds. The molecule has 0 saturated heterocycles. The fourth-order valence-corrected chi connectivity index (χ4v) is 2.84. The number of hydrogen-bond donors (Lipinski definition) is 1. The van der Waals surface area contributed by atoms with Crippen molar-refractivity contribution in [3.8, 4) is 0 Å². The maximum absolute atomic E-state index is 12.2. The number of sulfonamides is 1. The van der Waals surface area contributed by atoms with E-state index in [0.717, 1.165) is 17.7 Å². The topological polar surface area (TPSA) is 49.4 Å². The Bertz CT molecular complexity index is 498. The normalized spacial score (nSPS) is 12.1. The Hall–Kier alpha value is -0.910. The molecule has 0 aliphatic heterocycles. The van der Waals surface area contributed by atoms with Crippen molar-refractivity contribution in [3.05, 3.63) is 29.3 Å². The van der Waals surface area contributed by atoms with Crippen LogP contribution in [0.25, 0.3) is 0 Å². The molecule has 0 saturated carbocycles. The summed E-state index contributed by atoms with van der Waals surface area (Å²) >= 11 is 0. The van der Waals surface area contributed by atoms with Crippen molar-refractivity contribution in [1.29, 1.82) is 0 Å². The van der Waals surface area contributed by atoms with Gasteiger partial charge in [0.25, 0.3) is 0 Å². The van der Waals surface area contributed by atoms with Gasteiger partial charge in [0.1, 0.15) is 0 Å². The molecule has 0 aliphatic rings. The fraction of sp³-hybridized carbons (Fsp3) is 0.538. The van der Waals surface area contributed by atoms with E-state index in [1.54, 1.807) is 19.2 Å². The van der Waals surface area contributed by atoms with Crippen LogP contribution in [0.2, 0.25) is 0 Å². The second kappa shape index (κ2) is 6.31. The average molecular weight is 270 g/mol. The van der Waals surface area contributed by atoms with E-state index >= 15 is 0 Å². The molecule has 1 aromatic carbocycles. The van der Waals surface area contributed by atoms with Gasteiger partial charge in [-0.1, -0.05) is 19.9 Å².